The number of rotatable bonds is 17. The summed E-state index contributed by atoms with van der Waals surface area (Å²) in [6.07, 6.45) is -9.05. The highest BCUT2D eigenvalue weighted by molar-refractivity contribution is 7.78. The van der Waals surface area contributed by atoms with Gasteiger partial charge in [0.1, 0.15) is 48.4 Å². The molecule has 0 aromatic heterocycles. The first-order valence-corrected chi connectivity index (χ1v) is 20.0. The molecule has 0 aliphatic carbocycles. The Bertz CT molecular complexity index is 2120. The molecule has 0 bridgehead atoms. The maximum atomic E-state index is 14.8. The molecule has 2 aliphatic heterocycles. The largest absolute Gasteiger partial charge is 0.497 e. The van der Waals surface area contributed by atoms with Crippen LogP contribution in [0.5, 0.6) is 11.5 Å². The van der Waals surface area contributed by atoms with E-state index in [1.165, 1.54) is 44.6 Å². The molecule has 64 heavy (non-hydrogen) atoms. The molecular weight excluding hydrogens is 865 g/mol. The smallest absolute Gasteiger partial charge is 0.408 e. The molecule has 1 fully saturated rings. The zero-order chi connectivity index (χ0) is 47.6. The minimum atomic E-state index is -1.92. The lowest BCUT2D eigenvalue weighted by atomic mass is 9.93. The average molecular weight is 915 g/mol. The van der Waals surface area contributed by atoms with Crippen LogP contribution in [0.3, 0.4) is 0 Å². The lowest BCUT2D eigenvalue weighted by molar-refractivity contribution is -0.246. The minimum Gasteiger partial charge on any atom is -0.497 e. The van der Waals surface area contributed by atoms with E-state index >= 15 is 0 Å². The quantitative estimate of drug-likeness (QED) is 0.103. The molecule has 22 heteroatoms. The minimum absolute atomic E-state index is 0.0643. The number of methoxy groups -OCH3 is 3. The molecule has 0 spiro atoms. The number of nitrogens with zero attached hydrogens (tertiary/aromatic N) is 3. The van der Waals surface area contributed by atoms with Crippen molar-refractivity contribution < 1.29 is 81.0 Å². The fraction of sp³-hybridized carbons (Fsp3) is 0.476. The number of nitrogens with one attached hydrogen (secondary N) is 1. The summed E-state index contributed by atoms with van der Waals surface area (Å²) in [5, 5.41) is 2.39. The van der Waals surface area contributed by atoms with Crippen molar-refractivity contribution in [2.75, 3.05) is 34.5 Å². The molecule has 1 N–H and O–H groups in total. The van der Waals surface area contributed by atoms with Crippen LogP contribution in [0.4, 0.5) is 4.79 Å². The summed E-state index contributed by atoms with van der Waals surface area (Å²) in [4.78, 5) is 124. The number of carbonyl (C=O) groups excluding carboxylic acids is 9. The first-order valence-electron chi connectivity index (χ1n) is 19.6. The highest BCUT2D eigenvalue weighted by Crippen LogP contribution is 2.37. The Labute approximate surface area is 373 Å². The highest BCUT2D eigenvalue weighted by Gasteiger charge is 2.58. The summed E-state index contributed by atoms with van der Waals surface area (Å²) in [5.74, 6) is -6.87. The van der Waals surface area contributed by atoms with Crippen molar-refractivity contribution >= 4 is 71.3 Å². The van der Waals surface area contributed by atoms with Crippen LogP contribution in [0.1, 0.15) is 74.2 Å². The Morgan fingerprint density at radius 1 is 0.875 bits per heavy atom. The Hall–Kier alpha value is -6.68. The fourth-order valence-electron chi connectivity index (χ4n) is 6.92. The molecule has 4 rings (SSSR count). The van der Waals surface area contributed by atoms with Crippen LogP contribution < -0.4 is 14.8 Å². The van der Waals surface area contributed by atoms with Crippen molar-refractivity contribution in [2.45, 2.75) is 96.7 Å². The Balaban J connectivity index is 1.87. The summed E-state index contributed by atoms with van der Waals surface area (Å²) in [7, 11) is 3.90. The van der Waals surface area contributed by atoms with Crippen LogP contribution in [-0.2, 0) is 63.7 Å². The van der Waals surface area contributed by atoms with E-state index in [2.05, 4.69) is 5.32 Å². The third-order valence-electron chi connectivity index (χ3n) is 9.57. The number of imide groups is 1. The molecule has 2 heterocycles. The maximum Gasteiger partial charge on any atom is 0.408 e. The maximum absolute atomic E-state index is 14.8. The zero-order valence-electron chi connectivity index (χ0n) is 36.6. The third kappa shape index (κ3) is 12.3. The molecular formula is C42H50N4O17S. The van der Waals surface area contributed by atoms with E-state index in [1.54, 1.807) is 32.9 Å². The number of ether oxygens (including phenoxy) is 8. The van der Waals surface area contributed by atoms with Gasteiger partial charge in [0.2, 0.25) is 11.8 Å². The predicted octanol–water partition coefficient (Wildman–Crippen LogP) is 2.09. The van der Waals surface area contributed by atoms with Crippen molar-refractivity contribution in [3.05, 3.63) is 59.2 Å². The summed E-state index contributed by atoms with van der Waals surface area (Å²) < 4.78 is 43.8. The molecule has 6 atom stereocenters. The number of amides is 5. The van der Waals surface area contributed by atoms with Crippen molar-refractivity contribution in [2.24, 2.45) is 0 Å². The number of alkyl carbamates (subject to hydrolysis) is 1. The van der Waals surface area contributed by atoms with Gasteiger partial charge in [0.25, 0.3) is 11.8 Å². The second kappa shape index (κ2) is 21.6. The van der Waals surface area contributed by atoms with Gasteiger partial charge in [0.15, 0.2) is 18.4 Å². The summed E-state index contributed by atoms with van der Waals surface area (Å²) in [6.45, 7) is 6.06. The van der Waals surface area contributed by atoms with E-state index in [1.807, 2.05) is 0 Å². The number of benzene rings is 2. The van der Waals surface area contributed by atoms with Crippen molar-refractivity contribution in [1.29, 1.82) is 0 Å². The molecule has 2 aromatic carbocycles. The first-order chi connectivity index (χ1) is 30.1. The summed E-state index contributed by atoms with van der Waals surface area (Å²) in [5.41, 5.74) is -0.0841. The predicted molar refractivity (Wildman–Crippen MR) is 222 cm³/mol. The summed E-state index contributed by atoms with van der Waals surface area (Å²) >= 11 is 5.33. The molecule has 0 saturated carbocycles. The van der Waals surface area contributed by atoms with E-state index in [4.69, 9.17) is 50.1 Å². The second-order valence-corrected chi connectivity index (χ2v) is 15.5. The number of hydrogen-bond donors (Lipinski definition) is 1. The first kappa shape index (κ1) is 50.0. The molecule has 5 amide bonds. The normalized spacial score (nSPS) is 19.5. The number of hydrogen-bond acceptors (Lipinski definition) is 18. The molecule has 21 nitrogen and oxygen atoms in total. The Kier molecular flexibility index (Phi) is 16.9. The van der Waals surface area contributed by atoms with Crippen molar-refractivity contribution in [3.63, 3.8) is 0 Å². The van der Waals surface area contributed by atoms with Crippen molar-refractivity contribution in [1.82, 2.24) is 20.0 Å². The van der Waals surface area contributed by atoms with Gasteiger partial charge >= 0.3 is 30.0 Å². The lowest BCUT2D eigenvalue weighted by Gasteiger charge is -2.49. The van der Waals surface area contributed by atoms with E-state index in [0.717, 1.165) is 38.3 Å². The molecule has 2 aliphatic rings. The van der Waals surface area contributed by atoms with Crippen LogP contribution in [0.25, 0.3) is 0 Å². The Morgan fingerprint density at radius 2 is 1.48 bits per heavy atom. The van der Waals surface area contributed by atoms with Gasteiger partial charge in [0, 0.05) is 32.4 Å². The zero-order valence-corrected chi connectivity index (χ0v) is 37.4. The molecule has 1 saturated heterocycles. The SMILES string of the molecule is COC(=O)CN(Cc1ccc(OC)cc1OC)C(=O)[C@H](CC(=O)N(C=S)[C@@H]1O[C@H](COC(C)=O)[C@@H](OC(C)=O)[C@H](OC(C)=O)[C@H]1N1C(=O)c2ccccc2C1=O)NC(=O)OC(C)(C)C. The van der Waals surface area contributed by atoms with Gasteiger partial charge in [-0.2, -0.15) is 0 Å². The van der Waals surface area contributed by atoms with Crippen molar-refractivity contribution in [3.8, 4) is 11.5 Å². The number of carbonyl (C=O) groups is 9. The van der Waals surface area contributed by atoms with E-state index in [9.17, 15) is 43.2 Å². The van der Waals surface area contributed by atoms with Crippen LogP contribution >= 0.6 is 12.2 Å². The van der Waals surface area contributed by atoms with Crippen LogP contribution in [0.15, 0.2) is 42.5 Å². The van der Waals surface area contributed by atoms with E-state index in [0.29, 0.717) is 21.1 Å². The van der Waals surface area contributed by atoms with Crippen LogP contribution in [0, 0.1) is 0 Å². The fourth-order valence-corrected chi connectivity index (χ4v) is 7.15. The molecule has 0 radical (unpaired) electrons. The van der Waals surface area contributed by atoms with Gasteiger partial charge in [-0.25, -0.2) is 4.79 Å². The summed E-state index contributed by atoms with van der Waals surface area (Å²) in [6, 6.07) is 6.72. The van der Waals surface area contributed by atoms with Gasteiger partial charge < -0.3 is 48.1 Å². The lowest BCUT2D eigenvalue weighted by Crippen LogP contribution is -2.71. The number of esters is 4. The topological polar surface area (TPSA) is 249 Å². The van der Waals surface area contributed by atoms with Gasteiger partial charge in [0.05, 0.1) is 50.9 Å². The second-order valence-electron chi connectivity index (χ2n) is 15.3. The van der Waals surface area contributed by atoms with Gasteiger partial charge in [-0.15, -0.1) is 0 Å². The molecule has 0 unspecified atom stereocenters. The number of fused-ring (bicyclic) bond motifs is 1. The standard InChI is InChI=1S/C42H50N4O17S/c1-22(47)59-20-31-35(60-23(2)48)36(61-24(3)49)34(46-37(52)27-12-10-11-13-28(27)38(46)53)40(62-31)45(21-64)32(50)17-29(43-41(55)63-42(4,5)6)39(54)44(19-33(51)58-9)18-25-14-15-26(56-7)16-30(25)57-8/h10-16,21,29,31,34-36,40H,17-20H2,1-9H3,(H,43,55)/t29-,31+,34+,35+,36+,40+/m0/s1. The van der Waals surface area contributed by atoms with Gasteiger partial charge in [-0.05, 0) is 45.0 Å². The monoisotopic (exact) mass is 914 g/mol. The van der Waals surface area contributed by atoms with Gasteiger partial charge in [-0.3, -0.25) is 48.2 Å². The van der Waals surface area contributed by atoms with Crippen LogP contribution in [-0.4, -0.2) is 150 Å². The molecule has 2 aromatic rings. The Morgan fingerprint density at radius 3 is 2.00 bits per heavy atom. The number of thiocarbonyl (C=S) groups is 1. The van der Waals surface area contributed by atoms with Crippen LogP contribution in [0.2, 0.25) is 0 Å². The average Bonchev–Trinajstić information content (AvgIpc) is 3.47. The van der Waals surface area contributed by atoms with Gasteiger partial charge in [-0.1, -0.05) is 24.4 Å². The highest BCUT2D eigenvalue weighted by atomic mass is 32.1. The van der Waals surface area contributed by atoms with E-state index in [-0.39, 0.29) is 23.4 Å². The molecule has 346 valence electrons. The third-order valence-corrected chi connectivity index (χ3v) is 9.80. The van der Waals surface area contributed by atoms with E-state index < -0.39 is 115 Å².